The average Bonchev–Trinajstić information content (AvgIpc) is 2.43. The molecular formula is C10H14N4O2S. The predicted molar refractivity (Wildman–Crippen MR) is 65.8 cm³/mol. The molecule has 0 radical (unpaired) electrons. The Morgan fingerprint density at radius 2 is 2.24 bits per heavy atom. The van der Waals surface area contributed by atoms with Crippen molar-refractivity contribution in [3.8, 4) is 0 Å². The number of rotatable bonds is 2. The number of nitrogen functional groups attached to an aromatic ring is 1. The highest BCUT2D eigenvalue weighted by atomic mass is 32.2. The normalized spacial score (nSPS) is 20.7. The van der Waals surface area contributed by atoms with E-state index in [1.54, 1.807) is 0 Å². The number of nitrogens with two attached hydrogens (primary N) is 1. The SMILES string of the molecule is Nc1cc(=O)[nH]c(SC2CCCCNC2=O)n1. The highest BCUT2D eigenvalue weighted by molar-refractivity contribution is 8.00. The summed E-state index contributed by atoms with van der Waals surface area (Å²) < 4.78 is 0. The molecule has 2 rings (SSSR count). The Hall–Kier alpha value is -1.50. The zero-order valence-electron chi connectivity index (χ0n) is 9.23. The lowest BCUT2D eigenvalue weighted by Crippen LogP contribution is -2.31. The highest BCUT2D eigenvalue weighted by Crippen LogP contribution is 2.24. The third-order valence-corrected chi connectivity index (χ3v) is 3.63. The fraction of sp³-hybridized carbons (Fsp3) is 0.500. The Bertz CT molecular complexity index is 474. The summed E-state index contributed by atoms with van der Waals surface area (Å²) in [5.41, 5.74) is 5.19. The van der Waals surface area contributed by atoms with Gasteiger partial charge >= 0.3 is 0 Å². The monoisotopic (exact) mass is 254 g/mol. The number of amides is 1. The number of carbonyl (C=O) groups is 1. The van der Waals surface area contributed by atoms with E-state index in [9.17, 15) is 9.59 Å². The molecular weight excluding hydrogens is 240 g/mol. The summed E-state index contributed by atoms with van der Waals surface area (Å²) in [6.45, 7) is 0.719. The van der Waals surface area contributed by atoms with Gasteiger partial charge in [0.15, 0.2) is 5.16 Å². The number of hydrogen-bond donors (Lipinski definition) is 3. The fourth-order valence-electron chi connectivity index (χ4n) is 1.67. The minimum atomic E-state index is -0.297. The van der Waals surface area contributed by atoms with Crippen LogP contribution >= 0.6 is 11.8 Å². The van der Waals surface area contributed by atoms with Gasteiger partial charge in [-0.15, -0.1) is 0 Å². The molecule has 1 aromatic rings. The van der Waals surface area contributed by atoms with Crippen molar-refractivity contribution in [1.29, 1.82) is 0 Å². The van der Waals surface area contributed by atoms with Crippen LogP contribution in [0.25, 0.3) is 0 Å². The second kappa shape index (κ2) is 5.22. The minimum absolute atomic E-state index is 0.00225. The van der Waals surface area contributed by atoms with Crippen LogP contribution in [0.2, 0.25) is 0 Å². The Morgan fingerprint density at radius 1 is 1.41 bits per heavy atom. The van der Waals surface area contributed by atoms with Gasteiger partial charge in [0.25, 0.3) is 5.56 Å². The molecule has 17 heavy (non-hydrogen) atoms. The summed E-state index contributed by atoms with van der Waals surface area (Å²) in [4.78, 5) is 29.5. The maximum Gasteiger partial charge on any atom is 0.253 e. The van der Waals surface area contributed by atoms with Gasteiger partial charge in [-0.05, 0) is 12.8 Å². The topological polar surface area (TPSA) is 101 Å². The average molecular weight is 254 g/mol. The van der Waals surface area contributed by atoms with Gasteiger partial charge in [0.05, 0.1) is 5.25 Å². The smallest absolute Gasteiger partial charge is 0.253 e. The first-order valence-corrected chi connectivity index (χ1v) is 6.34. The Labute approximate surface area is 102 Å². The maximum absolute atomic E-state index is 11.7. The Balaban J connectivity index is 2.13. The number of H-pyrrole nitrogens is 1. The Morgan fingerprint density at radius 3 is 3.00 bits per heavy atom. The van der Waals surface area contributed by atoms with E-state index >= 15 is 0 Å². The third kappa shape index (κ3) is 3.23. The van der Waals surface area contributed by atoms with Crippen molar-refractivity contribution in [1.82, 2.24) is 15.3 Å². The quantitative estimate of drug-likeness (QED) is 0.650. The number of nitrogens with one attached hydrogen (secondary N) is 2. The van der Waals surface area contributed by atoms with Crippen molar-refractivity contribution in [2.45, 2.75) is 29.7 Å². The van der Waals surface area contributed by atoms with E-state index in [-0.39, 0.29) is 22.5 Å². The number of thioether (sulfide) groups is 1. The summed E-state index contributed by atoms with van der Waals surface area (Å²) in [6, 6.07) is 1.22. The zero-order chi connectivity index (χ0) is 12.3. The molecule has 1 amide bonds. The molecule has 0 aliphatic carbocycles. The first-order chi connectivity index (χ1) is 8.15. The molecule has 1 unspecified atom stereocenters. The van der Waals surface area contributed by atoms with Crippen LogP contribution in [-0.4, -0.2) is 27.7 Å². The van der Waals surface area contributed by atoms with Crippen LogP contribution in [0.3, 0.4) is 0 Å². The molecule has 1 aliphatic rings. The number of anilines is 1. The van der Waals surface area contributed by atoms with Gasteiger partial charge in [-0.2, -0.15) is 0 Å². The van der Waals surface area contributed by atoms with Gasteiger partial charge < -0.3 is 16.0 Å². The summed E-state index contributed by atoms with van der Waals surface area (Å²) in [5.74, 6) is 0.169. The van der Waals surface area contributed by atoms with Gasteiger partial charge in [0, 0.05) is 12.6 Å². The van der Waals surface area contributed by atoms with Crippen LogP contribution in [0.15, 0.2) is 16.0 Å². The standard InChI is InChI=1S/C10H14N4O2S/c11-7-5-8(15)14-10(13-7)17-6-3-1-2-4-12-9(6)16/h5-6H,1-4H2,(H,12,16)(H3,11,13,14,15). The lowest BCUT2D eigenvalue weighted by molar-refractivity contribution is -0.120. The summed E-state index contributed by atoms with van der Waals surface area (Å²) in [5, 5.41) is 3.03. The molecule has 1 fully saturated rings. The van der Waals surface area contributed by atoms with Crippen LogP contribution in [0.5, 0.6) is 0 Å². The van der Waals surface area contributed by atoms with Crippen molar-refractivity contribution in [3.05, 3.63) is 16.4 Å². The zero-order valence-corrected chi connectivity index (χ0v) is 10.0. The van der Waals surface area contributed by atoms with Crippen LogP contribution in [-0.2, 0) is 4.79 Å². The van der Waals surface area contributed by atoms with E-state index in [0.717, 1.165) is 25.8 Å². The first-order valence-electron chi connectivity index (χ1n) is 5.46. The van der Waals surface area contributed by atoms with Gasteiger partial charge in [0.2, 0.25) is 5.91 Å². The van der Waals surface area contributed by atoms with Crippen LogP contribution in [0, 0.1) is 0 Å². The van der Waals surface area contributed by atoms with E-state index < -0.39 is 0 Å². The predicted octanol–water partition coefficient (Wildman–Crippen LogP) is 0.113. The third-order valence-electron chi connectivity index (χ3n) is 2.48. The number of carbonyl (C=O) groups excluding carboxylic acids is 1. The van der Waals surface area contributed by atoms with E-state index in [1.807, 2.05) is 0 Å². The molecule has 7 heteroatoms. The van der Waals surface area contributed by atoms with Gasteiger partial charge in [-0.1, -0.05) is 18.2 Å². The number of aromatic nitrogens is 2. The van der Waals surface area contributed by atoms with Crippen LogP contribution in [0.4, 0.5) is 5.82 Å². The van der Waals surface area contributed by atoms with E-state index in [1.165, 1.54) is 17.8 Å². The van der Waals surface area contributed by atoms with Crippen molar-refractivity contribution >= 4 is 23.5 Å². The molecule has 1 saturated heterocycles. The van der Waals surface area contributed by atoms with Gasteiger partial charge in [-0.3, -0.25) is 9.59 Å². The molecule has 1 atom stereocenters. The first kappa shape index (κ1) is 12.0. The van der Waals surface area contributed by atoms with E-state index in [2.05, 4.69) is 15.3 Å². The second-order valence-corrected chi connectivity index (χ2v) is 5.06. The Kier molecular flexibility index (Phi) is 3.68. The summed E-state index contributed by atoms with van der Waals surface area (Å²) >= 11 is 1.26. The minimum Gasteiger partial charge on any atom is -0.383 e. The summed E-state index contributed by atoms with van der Waals surface area (Å²) in [7, 11) is 0. The highest BCUT2D eigenvalue weighted by Gasteiger charge is 2.22. The van der Waals surface area contributed by atoms with E-state index in [4.69, 9.17) is 5.73 Å². The number of nitrogens with zero attached hydrogens (tertiary/aromatic N) is 1. The fourth-order valence-corrected chi connectivity index (χ4v) is 2.73. The molecule has 2 heterocycles. The molecule has 0 aromatic carbocycles. The lowest BCUT2D eigenvalue weighted by Gasteiger charge is -2.11. The van der Waals surface area contributed by atoms with E-state index in [0.29, 0.717) is 5.16 Å². The number of hydrogen-bond acceptors (Lipinski definition) is 5. The molecule has 92 valence electrons. The van der Waals surface area contributed by atoms with Crippen LogP contribution in [0.1, 0.15) is 19.3 Å². The van der Waals surface area contributed by atoms with Crippen molar-refractivity contribution < 1.29 is 4.79 Å². The largest absolute Gasteiger partial charge is 0.383 e. The van der Waals surface area contributed by atoms with Gasteiger partial charge in [-0.25, -0.2) is 4.98 Å². The van der Waals surface area contributed by atoms with Crippen molar-refractivity contribution in [2.24, 2.45) is 0 Å². The van der Waals surface area contributed by atoms with Crippen molar-refractivity contribution in [2.75, 3.05) is 12.3 Å². The lowest BCUT2D eigenvalue weighted by atomic mass is 10.2. The second-order valence-electron chi connectivity index (χ2n) is 3.87. The molecule has 4 N–H and O–H groups in total. The number of aromatic amines is 1. The van der Waals surface area contributed by atoms with Crippen molar-refractivity contribution in [3.63, 3.8) is 0 Å². The van der Waals surface area contributed by atoms with Crippen LogP contribution < -0.4 is 16.6 Å². The molecule has 1 aromatic heterocycles. The maximum atomic E-state index is 11.7. The molecule has 1 aliphatic heterocycles. The molecule has 0 bridgehead atoms. The summed E-state index contributed by atoms with van der Waals surface area (Å²) in [6.07, 6.45) is 2.77. The molecule has 6 nitrogen and oxygen atoms in total. The molecule has 0 spiro atoms. The molecule has 0 saturated carbocycles. The van der Waals surface area contributed by atoms with Gasteiger partial charge in [0.1, 0.15) is 5.82 Å².